The third-order valence-corrected chi connectivity index (χ3v) is 2.75. The van der Waals surface area contributed by atoms with Gasteiger partial charge in [0.15, 0.2) is 11.9 Å². The SMILES string of the molecule is C=C1COC(C2=Nc3ncccc3C2)C(=O)N1. The number of nitrogens with zero attached hydrogens (tertiary/aromatic N) is 2. The molecule has 86 valence electrons. The number of hydrogen-bond acceptors (Lipinski definition) is 4. The molecule has 0 radical (unpaired) electrons. The second-order valence-corrected chi connectivity index (χ2v) is 4.05. The molecule has 0 bridgehead atoms. The number of aromatic nitrogens is 1. The summed E-state index contributed by atoms with van der Waals surface area (Å²) in [5.41, 5.74) is 2.33. The van der Waals surface area contributed by atoms with E-state index in [2.05, 4.69) is 21.9 Å². The highest BCUT2D eigenvalue weighted by Crippen LogP contribution is 2.25. The topological polar surface area (TPSA) is 63.6 Å². The molecule has 1 aromatic rings. The van der Waals surface area contributed by atoms with Crippen LogP contribution < -0.4 is 5.32 Å². The number of nitrogens with one attached hydrogen (secondary N) is 1. The zero-order valence-corrected chi connectivity index (χ0v) is 9.14. The Bertz CT molecular complexity index is 536. The summed E-state index contributed by atoms with van der Waals surface area (Å²) >= 11 is 0. The van der Waals surface area contributed by atoms with E-state index in [1.807, 2.05) is 12.1 Å². The standard InChI is InChI=1S/C12H11N3O2/c1-7-6-17-10(12(16)14-7)9-5-8-3-2-4-13-11(8)15-9/h2-4,10H,1,5-6H2,(H,14,16). The van der Waals surface area contributed by atoms with E-state index in [-0.39, 0.29) is 5.91 Å². The molecule has 1 amide bonds. The van der Waals surface area contributed by atoms with Crippen molar-refractivity contribution in [3.8, 4) is 0 Å². The molecule has 0 aliphatic carbocycles. The minimum atomic E-state index is -0.616. The summed E-state index contributed by atoms with van der Waals surface area (Å²) in [4.78, 5) is 20.2. The number of fused-ring (bicyclic) bond motifs is 1. The highest BCUT2D eigenvalue weighted by atomic mass is 16.5. The lowest BCUT2D eigenvalue weighted by Crippen LogP contribution is -2.47. The lowest BCUT2D eigenvalue weighted by atomic mass is 10.1. The fourth-order valence-corrected chi connectivity index (χ4v) is 1.97. The molecule has 1 saturated heterocycles. The van der Waals surface area contributed by atoms with Gasteiger partial charge in [-0.05, 0) is 6.07 Å². The number of pyridine rings is 1. The van der Waals surface area contributed by atoms with Crippen LogP contribution in [0.5, 0.6) is 0 Å². The molecule has 1 fully saturated rings. The first-order chi connectivity index (χ1) is 8.24. The van der Waals surface area contributed by atoms with E-state index in [1.165, 1.54) is 0 Å². The molecule has 3 heterocycles. The first-order valence-electron chi connectivity index (χ1n) is 5.35. The molecule has 5 nitrogen and oxygen atoms in total. The molecular formula is C12H11N3O2. The molecule has 5 heteroatoms. The van der Waals surface area contributed by atoms with E-state index in [4.69, 9.17) is 4.74 Å². The first kappa shape index (κ1) is 10.2. The summed E-state index contributed by atoms with van der Waals surface area (Å²) < 4.78 is 5.45. The Kier molecular flexibility index (Phi) is 2.26. The van der Waals surface area contributed by atoms with Crippen molar-refractivity contribution in [3.05, 3.63) is 36.2 Å². The van der Waals surface area contributed by atoms with Gasteiger partial charge in [-0.2, -0.15) is 0 Å². The Morgan fingerprint density at radius 1 is 1.53 bits per heavy atom. The summed E-state index contributed by atoms with van der Waals surface area (Å²) in [7, 11) is 0. The van der Waals surface area contributed by atoms with E-state index < -0.39 is 6.10 Å². The molecule has 2 aliphatic heterocycles. The van der Waals surface area contributed by atoms with Crippen LogP contribution in [0.2, 0.25) is 0 Å². The van der Waals surface area contributed by atoms with Gasteiger partial charge in [0.05, 0.1) is 12.3 Å². The van der Waals surface area contributed by atoms with Gasteiger partial charge in [0.25, 0.3) is 5.91 Å². The van der Waals surface area contributed by atoms with Crippen molar-refractivity contribution in [1.82, 2.24) is 10.3 Å². The monoisotopic (exact) mass is 229 g/mol. The largest absolute Gasteiger partial charge is 0.356 e. The van der Waals surface area contributed by atoms with Crippen LogP contribution in [-0.4, -0.2) is 29.3 Å². The average Bonchev–Trinajstić information content (AvgIpc) is 2.72. The quantitative estimate of drug-likeness (QED) is 0.772. The van der Waals surface area contributed by atoms with Gasteiger partial charge in [-0.1, -0.05) is 12.6 Å². The van der Waals surface area contributed by atoms with Gasteiger partial charge in [-0.3, -0.25) is 4.79 Å². The second-order valence-electron chi connectivity index (χ2n) is 4.05. The number of ether oxygens (including phenoxy) is 1. The van der Waals surface area contributed by atoms with Gasteiger partial charge in [0.2, 0.25) is 0 Å². The molecule has 1 unspecified atom stereocenters. The van der Waals surface area contributed by atoms with Gasteiger partial charge in [-0.25, -0.2) is 9.98 Å². The second kappa shape index (κ2) is 3.78. The molecule has 0 saturated carbocycles. The van der Waals surface area contributed by atoms with Crippen molar-refractivity contribution in [2.75, 3.05) is 6.61 Å². The number of carbonyl (C=O) groups is 1. The van der Waals surface area contributed by atoms with Gasteiger partial charge in [-0.15, -0.1) is 0 Å². The van der Waals surface area contributed by atoms with Gasteiger partial charge >= 0.3 is 0 Å². The minimum absolute atomic E-state index is 0.201. The van der Waals surface area contributed by atoms with Gasteiger partial charge < -0.3 is 10.1 Å². The van der Waals surface area contributed by atoms with E-state index in [0.717, 1.165) is 5.56 Å². The number of rotatable bonds is 1. The van der Waals surface area contributed by atoms with Crippen molar-refractivity contribution < 1.29 is 9.53 Å². The molecule has 0 spiro atoms. The van der Waals surface area contributed by atoms with Crippen molar-refractivity contribution >= 4 is 17.4 Å². The summed E-state index contributed by atoms with van der Waals surface area (Å²) in [6.07, 6.45) is 1.69. The normalized spacial score (nSPS) is 23.1. The molecule has 1 N–H and O–H groups in total. The fourth-order valence-electron chi connectivity index (χ4n) is 1.97. The van der Waals surface area contributed by atoms with Crippen LogP contribution in [-0.2, 0) is 16.0 Å². The summed E-state index contributed by atoms with van der Waals surface area (Å²) in [6.45, 7) is 3.99. The zero-order valence-electron chi connectivity index (χ0n) is 9.14. The zero-order chi connectivity index (χ0) is 11.8. The van der Waals surface area contributed by atoms with Crippen molar-refractivity contribution in [2.24, 2.45) is 4.99 Å². The Balaban J connectivity index is 1.84. The summed E-state index contributed by atoms with van der Waals surface area (Å²) in [6, 6.07) is 3.82. The van der Waals surface area contributed by atoms with Crippen LogP contribution in [0.25, 0.3) is 0 Å². The molecule has 2 aliphatic rings. The number of hydrogen-bond donors (Lipinski definition) is 1. The third kappa shape index (κ3) is 1.74. The maximum atomic E-state index is 11.7. The van der Waals surface area contributed by atoms with Gasteiger partial charge in [0, 0.05) is 23.9 Å². The van der Waals surface area contributed by atoms with Crippen molar-refractivity contribution in [2.45, 2.75) is 12.5 Å². The molecular weight excluding hydrogens is 218 g/mol. The Labute approximate surface area is 98.2 Å². The molecule has 1 aromatic heterocycles. The summed E-state index contributed by atoms with van der Waals surface area (Å²) in [5.74, 6) is 0.483. The van der Waals surface area contributed by atoms with Crippen LogP contribution in [0, 0.1) is 0 Å². The highest BCUT2D eigenvalue weighted by molar-refractivity contribution is 6.11. The van der Waals surface area contributed by atoms with E-state index in [9.17, 15) is 4.79 Å². The predicted molar refractivity (Wildman–Crippen MR) is 62.1 cm³/mol. The van der Waals surface area contributed by atoms with Crippen molar-refractivity contribution in [1.29, 1.82) is 0 Å². The maximum Gasteiger partial charge on any atom is 0.259 e. The average molecular weight is 229 g/mol. The molecule has 1 atom stereocenters. The van der Waals surface area contributed by atoms with Crippen LogP contribution in [0.4, 0.5) is 5.82 Å². The van der Waals surface area contributed by atoms with Crippen LogP contribution in [0.15, 0.2) is 35.6 Å². The van der Waals surface area contributed by atoms with Gasteiger partial charge in [0.1, 0.15) is 0 Å². The van der Waals surface area contributed by atoms with E-state index >= 15 is 0 Å². The first-order valence-corrected chi connectivity index (χ1v) is 5.35. The van der Waals surface area contributed by atoms with Crippen LogP contribution in [0.1, 0.15) is 5.56 Å². The predicted octanol–water partition coefficient (Wildman–Crippen LogP) is 0.739. The highest BCUT2D eigenvalue weighted by Gasteiger charge is 2.32. The smallest absolute Gasteiger partial charge is 0.259 e. The maximum absolute atomic E-state index is 11.7. The Morgan fingerprint density at radius 3 is 3.18 bits per heavy atom. The fraction of sp³-hybridized carbons (Fsp3) is 0.250. The van der Waals surface area contributed by atoms with Crippen LogP contribution in [0.3, 0.4) is 0 Å². The number of morpholine rings is 1. The van der Waals surface area contributed by atoms with Crippen LogP contribution >= 0.6 is 0 Å². The Morgan fingerprint density at radius 2 is 2.41 bits per heavy atom. The number of carbonyl (C=O) groups excluding carboxylic acids is 1. The minimum Gasteiger partial charge on any atom is -0.356 e. The number of aliphatic imine (C=N–C) groups is 1. The molecule has 0 aromatic carbocycles. The molecule has 3 rings (SSSR count). The third-order valence-electron chi connectivity index (χ3n) is 2.75. The molecule has 17 heavy (non-hydrogen) atoms. The Hall–Kier alpha value is -2.01. The lowest BCUT2D eigenvalue weighted by Gasteiger charge is -2.23. The number of amides is 1. The summed E-state index contributed by atoms with van der Waals surface area (Å²) in [5, 5.41) is 2.67. The van der Waals surface area contributed by atoms with E-state index in [0.29, 0.717) is 30.3 Å². The van der Waals surface area contributed by atoms with Crippen molar-refractivity contribution in [3.63, 3.8) is 0 Å². The lowest BCUT2D eigenvalue weighted by molar-refractivity contribution is -0.130. The van der Waals surface area contributed by atoms with E-state index in [1.54, 1.807) is 6.20 Å².